The van der Waals surface area contributed by atoms with Crippen molar-refractivity contribution in [2.24, 2.45) is 0 Å². The predicted molar refractivity (Wildman–Crippen MR) is 79.0 cm³/mol. The Kier molecular flexibility index (Phi) is 6.56. The number of rotatable bonds is 5. The molecule has 19 heavy (non-hydrogen) atoms. The van der Waals surface area contributed by atoms with Gasteiger partial charge in [0.1, 0.15) is 0 Å². The Morgan fingerprint density at radius 3 is 2.84 bits per heavy atom. The lowest BCUT2D eigenvalue weighted by atomic mass is 9.82. The average molecular weight is 333 g/mol. The Morgan fingerprint density at radius 2 is 2.26 bits per heavy atom. The van der Waals surface area contributed by atoms with E-state index in [1.165, 1.54) is 7.11 Å². The van der Waals surface area contributed by atoms with Crippen LogP contribution in [0.25, 0.3) is 0 Å². The summed E-state index contributed by atoms with van der Waals surface area (Å²) in [6.07, 6.45) is 5.03. The topological polar surface area (TPSA) is 44.8 Å². The SMILES string of the molecule is COC(=O)CCC/C=C(\Br)B1OC(C)CC(C)(C)O1. The quantitative estimate of drug-likeness (QED) is 0.440. The Balaban J connectivity index is 2.43. The minimum absolute atomic E-state index is 0.171. The van der Waals surface area contributed by atoms with Gasteiger partial charge in [0.25, 0.3) is 0 Å². The van der Waals surface area contributed by atoms with Crippen molar-refractivity contribution >= 4 is 29.0 Å². The summed E-state index contributed by atoms with van der Waals surface area (Å²) in [6, 6.07) is 0. The lowest BCUT2D eigenvalue weighted by molar-refractivity contribution is -0.140. The van der Waals surface area contributed by atoms with E-state index in [0.717, 1.165) is 23.6 Å². The number of unbranched alkanes of at least 4 members (excludes halogenated alkanes) is 1. The van der Waals surface area contributed by atoms with Gasteiger partial charge in [-0.05, 0) is 40.0 Å². The summed E-state index contributed by atoms with van der Waals surface area (Å²) in [5.41, 5.74) is -0.179. The Hall–Kier alpha value is -0.325. The highest BCUT2D eigenvalue weighted by Crippen LogP contribution is 2.30. The van der Waals surface area contributed by atoms with E-state index < -0.39 is 0 Å². The lowest BCUT2D eigenvalue weighted by Crippen LogP contribution is -2.46. The second-order valence-corrected chi connectivity index (χ2v) is 6.33. The maximum absolute atomic E-state index is 11.0. The second kappa shape index (κ2) is 7.46. The minimum Gasteiger partial charge on any atom is -0.469 e. The van der Waals surface area contributed by atoms with E-state index in [1.54, 1.807) is 0 Å². The average Bonchev–Trinajstić information content (AvgIpc) is 2.31. The number of carbonyl (C=O) groups excluding carboxylic acids is 1. The number of allylic oxidation sites excluding steroid dienone is 1. The van der Waals surface area contributed by atoms with Crippen molar-refractivity contribution in [3.63, 3.8) is 0 Å². The van der Waals surface area contributed by atoms with Gasteiger partial charge in [-0.25, -0.2) is 0 Å². The molecule has 0 aromatic heterocycles. The summed E-state index contributed by atoms with van der Waals surface area (Å²) in [6.45, 7) is 6.18. The van der Waals surface area contributed by atoms with E-state index in [4.69, 9.17) is 9.31 Å². The van der Waals surface area contributed by atoms with Gasteiger partial charge in [0.2, 0.25) is 0 Å². The first-order valence-corrected chi connectivity index (χ1v) is 7.39. The minimum atomic E-state index is -0.350. The summed E-state index contributed by atoms with van der Waals surface area (Å²) < 4.78 is 17.1. The van der Waals surface area contributed by atoms with Gasteiger partial charge in [-0.2, -0.15) is 0 Å². The summed E-state index contributed by atoms with van der Waals surface area (Å²) in [5.74, 6) is -0.176. The van der Waals surface area contributed by atoms with Crippen LogP contribution in [-0.4, -0.2) is 31.9 Å². The highest BCUT2D eigenvalue weighted by atomic mass is 79.9. The van der Waals surface area contributed by atoms with Crippen LogP contribution in [0.1, 0.15) is 46.5 Å². The van der Waals surface area contributed by atoms with Crippen LogP contribution in [0.2, 0.25) is 0 Å². The third kappa shape index (κ3) is 6.10. The van der Waals surface area contributed by atoms with Gasteiger partial charge in [0.05, 0.1) is 12.7 Å². The number of hydrogen-bond donors (Lipinski definition) is 0. The first-order chi connectivity index (χ1) is 8.84. The number of halogens is 1. The molecule has 1 atom stereocenters. The van der Waals surface area contributed by atoms with Crippen LogP contribution < -0.4 is 0 Å². The van der Waals surface area contributed by atoms with Gasteiger partial charge in [-0.1, -0.05) is 22.0 Å². The largest absolute Gasteiger partial charge is 0.501 e. The molecular weight excluding hydrogens is 311 g/mol. The molecule has 0 bridgehead atoms. The zero-order valence-corrected chi connectivity index (χ0v) is 13.7. The van der Waals surface area contributed by atoms with Crippen molar-refractivity contribution in [3.05, 3.63) is 10.5 Å². The molecule has 6 heteroatoms. The monoisotopic (exact) mass is 332 g/mol. The second-order valence-electron chi connectivity index (χ2n) is 5.42. The first kappa shape index (κ1) is 16.7. The number of methoxy groups -OCH3 is 1. The maximum Gasteiger partial charge on any atom is 0.501 e. The van der Waals surface area contributed by atoms with Gasteiger partial charge >= 0.3 is 13.1 Å². The summed E-state index contributed by atoms with van der Waals surface area (Å²) in [5, 5.41) is 0. The third-order valence-corrected chi connectivity index (χ3v) is 3.64. The molecule has 1 fully saturated rings. The van der Waals surface area contributed by atoms with Crippen molar-refractivity contribution in [2.75, 3.05) is 7.11 Å². The standard InChI is InChI=1S/C13H22BBrO4/c1-10-9-13(2,3)19-14(18-10)11(15)7-5-6-8-12(16)17-4/h7,10H,5-6,8-9H2,1-4H3/b11-7-. The van der Waals surface area contributed by atoms with Crippen LogP contribution in [-0.2, 0) is 18.8 Å². The van der Waals surface area contributed by atoms with Crippen molar-refractivity contribution < 1.29 is 18.8 Å². The van der Waals surface area contributed by atoms with E-state index in [9.17, 15) is 4.79 Å². The van der Waals surface area contributed by atoms with Crippen LogP contribution in [0, 0.1) is 0 Å². The zero-order valence-electron chi connectivity index (χ0n) is 12.1. The fourth-order valence-electron chi connectivity index (χ4n) is 2.12. The highest BCUT2D eigenvalue weighted by Gasteiger charge is 2.38. The molecule has 1 rings (SSSR count). The smallest absolute Gasteiger partial charge is 0.469 e. The van der Waals surface area contributed by atoms with Gasteiger partial charge < -0.3 is 14.0 Å². The van der Waals surface area contributed by atoms with E-state index in [0.29, 0.717) is 6.42 Å². The first-order valence-electron chi connectivity index (χ1n) is 6.60. The van der Waals surface area contributed by atoms with E-state index in [1.807, 2.05) is 6.08 Å². The van der Waals surface area contributed by atoms with Crippen molar-refractivity contribution in [1.29, 1.82) is 0 Å². The third-order valence-electron chi connectivity index (χ3n) is 2.94. The van der Waals surface area contributed by atoms with Gasteiger partial charge in [-0.15, -0.1) is 0 Å². The maximum atomic E-state index is 11.0. The number of esters is 1. The molecule has 0 aromatic rings. The molecule has 1 heterocycles. The fraction of sp³-hybridized carbons (Fsp3) is 0.769. The Labute approximate surface area is 124 Å². The molecule has 0 aromatic carbocycles. The molecule has 0 amide bonds. The molecule has 4 nitrogen and oxygen atoms in total. The van der Waals surface area contributed by atoms with Gasteiger partial charge in [-0.3, -0.25) is 4.79 Å². The Morgan fingerprint density at radius 1 is 1.58 bits per heavy atom. The van der Waals surface area contributed by atoms with E-state index >= 15 is 0 Å². The van der Waals surface area contributed by atoms with Crippen LogP contribution in [0.4, 0.5) is 0 Å². The van der Waals surface area contributed by atoms with Gasteiger partial charge in [0.15, 0.2) is 0 Å². The van der Waals surface area contributed by atoms with Crippen LogP contribution in [0.15, 0.2) is 10.5 Å². The molecule has 1 unspecified atom stereocenters. The molecule has 1 saturated heterocycles. The number of hydrogen-bond acceptors (Lipinski definition) is 4. The highest BCUT2D eigenvalue weighted by molar-refractivity contribution is 9.12. The van der Waals surface area contributed by atoms with Crippen molar-refractivity contribution in [2.45, 2.75) is 58.2 Å². The molecule has 1 aliphatic heterocycles. The van der Waals surface area contributed by atoms with Crippen LogP contribution >= 0.6 is 15.9 Å². The summed E-state index contributed by atoms with van der Waals surface area (Å²) >= 11 is 3.50. The van der Waals surface area contributed by atoms with E-state index in [-0.39, 0.29) is 24.8 Å². The molecule has 0 N–H and O–H groups in total. The normalized spacial score (nSPS) is 23.3. The predicted octanol–water partition coefficient (Wildman–Crippen LogP) is 3.24. The van der Waals surface area contributed by atoms with Crippen LogP contribution in [0.3, 0.4) is 0 Å². The molecule has 0 saturated carbocycles. The number of carbonyl (C=O) groups is 1. The molecular formula is C13H22BBrO4. The number of ether oxygens (including phenoxy) is 1. The molecule has 0 radical (unpaired) electrons. The lowest BCUT2D eigenvalue weighted by Gasteiger charge is -2.38. The van der Waals surface area contributed by atoms with Crippen molar-refractivity contribution in [1.82, 2.24) is 0 Å². The van der Waals surface area contributed by atoms with Gasteiger partial charge in [0, 0.05) is 16.9 Å². The fourth-order valence-corrected chi connectivity index (χ4v) is 2.55. The van der Waals surface area contributed by atoms with Crippen molar-refractivity contribution in [3.8, 4) is 0 Å². The Bertz CT molecular complexity index is 344. The molecule has 0 spiro atoms. The molecule has 0 aliphatic carbocycles. The summed E-state index contributed by atoms with van der Waals surface area (Å²) in [4.78, 5) is 11.0. The summed E-state index contributed by atoms with van der Waals surface area (Å²) in [7, 11) is 1.05. The van der Waals surface area contributed by atoms with Crippen LogP contribution in [0.5, 0.6) is 0 Å². The van der Waals surface area contributed by atoms with E-state index in [2.05, 4.69) is 41.4 Å². The zero-order chi connectivity index (χ0) is 14.5. The molecule has 1 aliphatic rings. The molecule has 108 valence electrons.